The molecule has 6 nitrogen and oxygen atoms in total. The highest BCUT2D eigenvalue weighted by atomic mass is 19.4. The fourth-order valence-electron chi connectivity index (χ4n) is 2.02. The summed E-state index contributed by atoms with van der Waals surface area (Å²) in [6, 6.07) is 6.86. The van der Waals surface area contributed by atoms with Crippen molar-refractivity contribution in [3.8, 4) is 5.75 Å². The van der Waals surface area contributed by atoms with Crippen molar-refractivity contribution in [3.05, 3.63) is 53.6 Å². The molecule has 0 fully saturated rings. The maximum Gasteiger partial charge on any atom is 0.573 e. The highest BCUT2D eigenvalue weighted by molar-refractivity contribution is 5.73. The van der Waals surface area contributed by atoms with E-state index in [1.54, 1.807) is 19.2 Å². The second-order valence-corrected chi connectivity index (χ2v) is 5.15. The molecule has 2 rings (SSSR count). The number of benzene rings is 1. The Hall–Kier alpha value is -2.84. The van der Waals surface area contributed by atoms with Crippen molar-refractivity contribution < 1.29 is 22.7 Å². The molecular weight excluding hydrogens is 337 g/mol. The zero-order valence-corrected chi connectivity index (χ0v) is 13.4. The van der Waals surface area contributed by atoms with Crippen LogP contribution in [0.2, 0.25) is 0 Å². The van der Waals surface area contributed by atoms with Crippen LogP contribution < -0.4 is 15.4 Å². The minimum atomic E-state index is -4.70. The van der Waals surface area contributed by atoms with Crippen LogP contribution in [0.1, 0.15) is 17.1 Å². The summed E-state index contributed by atoms with van der Waals surface area (Å²) in [7, 11) is 0. The van der Waals surface area contributed by atoms with Crippen LogP contribution in [0.3, 0.4) is 0 Å². The number of hydrogen-bond donors (Lipinski definition) is 2. The molecule has 2 N–H and O–H groups in total. The molecule has 2 aromatic rings. The third kappa shape index (κ3) is 7.06. The normalized spacial score (nSPS) is 11.0. The Kier molecular flexibility index (Phi) is 6.15. The van der Waals surface area contributed by atoms with Crippen LogP contribution in [0.5, 0.6) is 5.75 Å². The van der Waals surface area contributed by atoms with Crippen LogP contribution in [0, 0.1) is 6.92 Å². The number of amides is 2. The number of nitrogens with zero attached hydrogens (tertiary/aromatic N) is 2. The Bertz CT molecular complexity index is 705. The van der Waals surface area contributed by atoms with Gasteiger partial charge in [0.05, 0.1) is 12.2 Å². The molecular formula is C16H17F3N4O2. The fraction of sp³-hybridized carbons (Fsp3) is 0.312. The first-order valence-electron chi connectivity index (χ1n) is 7.47. The first-order valence-corrected chi connectivity index (χ1v) is 7.47. The molecule has 0 unspecified atom stereocenters. The molecule has 0 spiro atoms. The number of alkyl halides is 3. The number of ether oxygens (including phenoxy) is 1. The van der Waals surface area contributed by atoms with Crippen molar-refractivity contribution in [2.24, 2.45) is 0 Å². The summed E-state index contributed by atoms with van der Waals surface area (Å²) in [5, 5.41) is 5.33. The molecule has 0 atom stereocenters. The van der Waals surface area contributed by atoms with Crippen LogP contribution >= 0.6 is 0 Å². The van der Waals surface area contributed by atoms with Gasteiger partial charge in [0.25, 0.3) is 0 Å². The summed E-state index contributed by atoms with van der Waals surface area (Å²) in [4.78, 5) is 19.8. The maximum atomic E-state index is 12.1. The lowest BCUT2D eigenvalue weighted by Crippen LogP contribution is -2.36. The molecule has 0 aliphatic heterocycles. The summed E-state index contributed by atoms with van der Waals surface area (Å²) in [6.07, 6.45) is -2.61. The van der Waals surface area contributed by atoms with E-state index in [1.807, 2.05) is 0 Å². The lowest BCUT2D eigenvalue weighted by Gasteiger charge is -2.10. The maximum absolute atomic E-state index is 12.1. The lowest BCUT2D eigenvalue weighted by molar-refractivity contribution is -0.274. The van der Waals surface area contributed by atoms with Crippen molar-refractivity contribution in [3.63, 3.8) is 0 Å². The highest BCUT2D eigenvalue weighted by Gasteiger charge is 2.30. The van der Waals surface area contributed by atoms with Gasteiger partial charge < -0.3 is 15.4 Å². The van der Waals surface area contributed by atoms with Crippen molar-refractivity contribution in [2.75, 3.05) is 6.54 Å². The molecule has 1 aromatic heterocycles. The zero-order valence-electron chi connectivity index (χ0n) is 13.4. The summed E-state index contributed by atoms with van der Waals surface area (Å²) >= 11 is 0. The number of nitrogens with one attached hydrogen (secondary N) is 2. The molecule has 2 amide bonds. The van der Waals surface area contributed by atoms with E-state index < -0.39 is 6.36 Å². The number of hydrogen-bond acceptors (Lipinski definition) is 4. The number of carbonyl (C=O) groups is 1. The van der Waals surface area contributed by atoms with E-state index >= 15 is 0 Å². The molecule has 0 bridgehead atoms. The molecule has 0 radical (unpaired) electrons. The number of halogens is 3. The van der Waals surface area contributed by atoms with Gasteiger partial charge in [-0.3, -0.25) is 0 Å². The Balaban J connectivity index is 1.70. The third-order valence-corrected chi connectivity index (χ3v) is 3.12. The van der Waals surface area contributed by atoms with E-state index in [0.717, 1.165) is 5.56 Å². The number of carbonyl (C=O) groups excluding carboxylic acids is 1. The first kappa shape index (κ1) is 18.5. The monoisotopic (exact) mass is 354 g/mol. The van der Waals surface area contributed by atoms with Gasteiger partial charge in [-0.05, 0) is 37.1 Å². The van der Waals surface area contributed by atoms with Gasteiger partial charge in [0, 0.05) is 12.7 Å². The summed E-state index contributed by atoms with van der Waals surface area (Å²) in [5.74, 6) is 0.347. The van der Waals surface area contributed by atoms with E-state index in [0.29, 0.717) is 24.5 Å². The molecule has 25 heavy (non-hydrogen) atoms. The molecule has 1 heterocycles. The van der Waals surface area contributed by atoms with Crippen LogP contribution in [0.4, 0.5) is 18.0 Å². The van der Waals surface area contributed by atoms with E-state index in [2.05, 4.69) is 25.3 Å². The van der Waals surface area contributed by atoms with Crippen molar-refractivity contribution in [1.82, 2.24) is 20.6 Å². The van der Waals surface area contributed by atoms with E-state index in [-0.39, 0.29) is 18.3 Å². The fourth-order valence-corrected chi connectivity index (χ4v) is 2.02. The largest absolute Gasteiger partial charge is 0.573 e. The Morgan fingerprint density at radius 1 is 1.16 bits per heavy atom. The summed E-state index contributed by atoms with van der Waals surface area (Å²) < 4.78 is 40.0. The Morgan fingerprint density at radius 3 is 2.52 bits per heavy atom. The van der Waals surface area contributed by atoms with E-state index in [9.17, 15) is 18.0 Å². The molecule has 134 valence electrons. The molecule has 0 saturated carbocycles. The predicted molar refractivity (Wildman–Crippen MR) is 83.8 cm³/mol. The van der Waals surface area contributed by atoms with Gasteiger partial charge in [0.2, 0.25) is 0 Å². The second-order valence-electron chi connectivity index (χ2n) is 5.15. The van der Waals surface area contributed by atoms with Gasteiger partial charge in [-0.15, -0.1) is 13.2 Å². The number of aryl methyl sites for hydroxylation is 1. The van der Waals surface area contributed by atoms with E-state index in [4.69, 9.17) is 0 Å². The van der Waals surface area contributed by atoms with Crippen LogP contribution in [0.25, 0.3) is 0 Å². The molecule has 0 saturated heterocycles. The molecule has 0 aliphatic rings. The quantitative estimate of drug-likeness (QED) is 0.836. The highest BCUT2D eigenvalue weighted by Crippen LogP contribution is 2.22. The smallest absolute Gasteiger partial charge is 0.406 e. The van der Waals surface area contributed by atoms with Crippen molar-refractivity contribution >= 4 is 6.03 Å². The van der Waals surface area contributed by atoms with Crippen molar-refractivity contribution in [1.29, 1.82) is 0 Å². The standard InChI is InChI=1S/C16H17F3N4O2/c1-11-20-9-7-13(23-11)10-22-15(24)21-8-6-12-2-4-14(5-3-12)25-16(17,18)19/h2-5,7,9H,6,8,10H2,1H3,(H2,21,22,24). The van der Waals surface area contributed by atoms with Crippen molar-refractivity contribution in [2.45, 2.75) is 26.3 Å². The van der Waals surface area contributed by atoms with Gasteiger partial charge >= 0.3 is 12.4 Å². The molecule has 9 heteroatoms. The summed E-state index contributed by atoms with van der Waals surface area (Å²) in [5.41, 5.74) is 1.48. The van der Waals surface area contributed by atoms with Gasteiger partial charge in [0.15, 0.2) is 0 Å². The molecule has 1 aromatic carbocycles. The zero-order chi connectivity index (χ0) is 18.3. The Morgan fingerprint density at radius 2 is 1.88 bits per heavy atom. The van der Waals surface area contributed by atoms with E-state index in [1.165, 1.54) is 24.3 Å². The minimum absolute atomic E-state index is 0.276. The van der Waals surface area contributed by atoms with Gasteiger partial charge in [-0.2, -0.15) is 0 Å². The predicted octanol–water partition coefficient (Wildman–Crippen LogP) is 2.73. The lowest BCUT2D eigenvalue weighted by atomic mass is 10.1. The van der Waals surface area contributed by atoms with Crippen LogP contribution in [-0.4, -0.2) is 28.9 Å². The summed E-state index contributed by atoms with van der Waals surface area (Å²) in [6.45, 7) is 2.38. The minimum Gasteiger partial charge on any atom is -0.406 e. The first-order chi connectivity index (χ1) is 11.8. The third-order valence-electron chi connectivity index (χ3n) is 3.12. The second kappa shape index (κ2) is 8.32. The number of urea groups is 1. The number of rotatable bonds is 6. The van der Waals surface area contributed by atoms with Crippen LogP contribution in [0.15, 0.2) is 36.5 Å². The van der Waals surface area contributed by atoms with Crippen LogP contribution in [-0.2, 0) is 13.0 Å². The van der Waals surface area contributed by atoms with Gasteiger partial charge in [-0.25, -0.2) is 14.8 Å². The average molecular weight is 354 g/mol. The molecule has 0 aliphatic carbocycles. The Labute approximate surface area is 142 Å². The topological polar surface area (TPSA) is 76.1 Å². The average Bonchev–Trinajstić information content (AvgIpc) is 2.53. The van der Waals surface area contributed by atoms with Gasteiger partial charge in [-0.1, -0.05) is 12.1 Å². The number of aromatic nitrogens is 2. The SMILES string of the molecule is Cc1nccc(CNC(=O)NCCc2ccc(OC(F)(F)F)cc2)n1. The van der Waals surface area contributed by atoms with Gasteiger partial charge in [0.1, 0.15) is 11.6 Å².